The number of ether oxygens (including phenoxy) is 1. The Morgan fingerprint density at radius 1 is 0.875 bits per heavy atom. The van der Waals surface area contributed by atoms with Gasteiger partial charge in [0.05, 0.1) is 19.8 Å². The summed E-state index contributed by atoms with van der Waals surface area (Å²) in [4.78, 5) is 0.0177. The second-order valence-corrected chi connectivity index (χ2v) is 10.1. The van der Waals surface area contributed by atoms with Gasteiger partial charge in [-0.05, 0) is 12.1 Å². The number of halogens is 4. The van der Waals surface area contributed by atoms with Crippen LogP contribution < -0.4 is 4.74 Å². The molecule has 0 aliphatic carbocycles. The second-order valence-electron chi connectivity index (χ2n) is 4.54. The molecule has 1 aromatic rings. The summed E-state index contributed by atoms with van der Waals surface area (Å²) in [5.74, 6) is 0.720. The Labute approximate surface area is 176 Å². The molecular formula is C14H19Br4O5P. The predicted octanol–water partition coefficient (Wildman–Crippen LogP) is 5.54. The van der Waals surface area contributed by atoms with Crippen LogP contribution >= 0.6 is 71.5 Å². The number of hydrogen-bond acceptors (Lipinski definition) is 5. The third-order valence-electron chi connectivity index (χ3n) is 2.51. The minimum absolute atomic E-state index is 0.00883. The molecule has 0 radical (unpaired) electrons. The number of phosphoric ester groups is 1. The van der Waals surface area contributed by atoms with E-state index in [4.69, 9.17) is 18.3 Å². The van der Waals surface area contributed by atoms with E-state index in [1.54, 1.807) is 0 Å². The highest BCUT2D eigenvalue weighted by Gasteiger charge is 2.28. The fourth-order valence-corrected chi connectivity index (χ4v) is 3.66. The predicted molar refractivity (Wildman–Crippen MR) is 110 cm³/mol. The first kappa shape index (κ1) is 23.1. The molecule has 2 atom stereocenters. The van der Waals surface area contributed by atoms with Crippen molar-refractivity contribution in [2.24, 2.45) is 0 Å². The van der Waals surface area contributed by atoms with Crippen molar-refractivity contribution < 1.29 is 22.9 Å². The third-order valence-corrected chi connectivity index (χ3v) is 8.41. The smallest absolute Gasteiger partial charge is 0.474 e. The molecule has 0 amide bonds. The summed E-state index contributed by atoms with van der Waals surface area (Å²) >= 11 is 13.4. The Hall–Kier alpha value is 1.05. The zero-order chi connectivity index (χ0) is 17.8. The van der Waals surface area contributed by atoms with Crippen molar-refractivity contribution in [3.05, 3.63) is 30.3 Å². The number of phosphoric acid groups is 1. The van der Waals surface area contributed by atoms with Gasteiger partial charge in [0.25, 0.3) is 0 Å². The third kappa shape index (κ3) is 10.3. The lowest BCUT2D eigenvalue weighted by atomic mass is 10.3. The van der Waals surface area contributed by atoms with Crippen molar-refractivity contribution in [1.82, 2.24) is 0 Å². The maximum absolute atomic E-state index is 12.7. The van der Waals surface area contributed by atoms with E-state index in [0.717, 1.165) is 5.75 Å². The van der Waals surface area contributed by atoms with Crippen LogP contribution in [-0.4, -0.2) is 46.7 Å². The van der Waals surface area contributed by atoms with E-state index < -0.39 is 7.82 Å². The molecule has 0 fully saturated rings. The number of alkyl halides is 4. The summed E-state index contributed by atoms with van der Waals surface area (Å²) in [5.41, 5.74) is 0. The minimum atomic E-state index is -3.66. The van der Waals surface area contributed by atoms with Crippen LogP contribution in [0, 0.1) is 0 Å². The van der Waals surface area contributed by atoms with Gasteiger partial charge in [-0.25, -0.2) is 4.57 Å². The van der Waals surface area contributed by atoms with E-state index in [-0.39, 0.29) is 36.1 Å². The van der Waals surface area contributed by atoms with Crippen molar-refractivity contribution in [1.29, 1.82) is 0 Å². The SMILES string of the molecule is O=P(OCCOc1ccccc1)(OCC(Br)CBr)OCC(Br)CBr. The molecule has 0 aliphatic rings. The Balaban J connectivity index is 2.45. The molecule has 10 heteroatoms. The lowest BCUT2D eigenvalue weighted by Crippen LogP contribution is -2.16. The van der Waals surface area contributed by atoms with Crippen molar-refractivity contribution in [3.8, 4) is 5.75 Å². The van der Waals surface area contributed by atoms with Crippen LogP contribution in [-0.2, 0) is 18.1 Å². The summed E-state index contributed by atoms with van der Waals surface area (Å²) in [6.45, 7) is 0.731. The minimum Gasteiger partial charge on any atom is -0.491 e. The normalized spacial score (nSPS) is 16.3. The Kier molecular flexibility index (Phi) is 12.8. The molecule has 0 spiro atoms. The summed E-state index contributed by atoms with van der Waals surface area (Å²) in [5, 5.41) is 1.32. The Morgan fingerprint density at radius 3 is 1.92 bits per heavy atom. The van der Waals surface area contributed by atoms with Gasteiger partial charge < -0.3 is 4.74 Å². The molecule has 0 aromatic heterocycles. The molecule has 1 aromatic carbocycles. The molecule has 0 bridgehead atoms. The topological polar surface area (TPSA) is 54.0 Å². The average molecular weight is 618 g/mol. The van der Waals surface area contributed by atoms with Gasteiger partial charge in [-0.2, -0.15) is 0 Å². The van der Waals surface area contributed by atoms with Crippen molar-refractivity contribution in [2.45, 2.75) is 9.65 Å². The fraction of sp³-hybridized carbons (Fsp3) is 0.571. The van der Waals surface area contributed by atoms with Crippen molar-refractivity contribution >= 4 is 71.5 Å². The van der Waals surface area contributed by atoms with E-state index in [9.17, 15) is 4.57 Å². The van der Waals surface area contributed by atoms with E-state index in [1.807, 2.05) is 30.3 Å². The van der Waals surface area contributed by atoms with Gasteiger partial charge in [0.1, 0.15) is 12.4 Å². The largest absolute Gasteiger partial charge is 0.491 e. The molecule has 0 heterocycles. The van der Waals surface area contributed by atoms with Crippen molar-refractivity contribution in [3.63, 3.8) is 0 Å². The average Bonchev–Trinajstić information content (AvgIpc) is 2.62. The maximum atomic E-state index is 12.7. The molecule has 1 rings (SSSR count). The molecule has 0 saturated carbocycles. The number of para-hydroxylation sites is 1. The van der Waals surface area contributed by atoms with E-state index in [2.05, 4.69) is 63.7 Å². The van der Waals surface area contributed by atoms with Crippen LogP contribution in [0.4, 0.5) is 0 Å². The Bertz CT molecular complexity index is 475. The van der Waals surface area contributed by atoms with Gasteiger partial charge >= 0.3 is 7.82 Å². The van der Waals surface area contributed by atoms with Crippen LogP contribution in [0.2, 0.25) is 0 Å². The molecule has 5 nitrogen and oxygen atoms in total. The molecule has 0 saturated heterocycles. The van der Waals surface area contributed by atoms with E-state index in [0.29, 0.717) is 10.7 Å². The molecular weight excluding hydrogens is 599 g/mol. The van der Waals surface area contributed by atoms with Gasteiger partial charge in [0.2, 0.25) is 0 Å². The number of hydrogen-bond donors (Lipinski definition) is 0. The van der Waals surface area contributed by atoms with Crippen LogP contribution in [0.1, 0.15) is 0 Å². The Morgan fingerprint density at radius 2 is 1.42 bits per heavy atom. The standard InChI is InChI=1S/C14H19Br4O5P/c15-8-12(17)10-22-24(19,23-11-13(18)9-16)21-7-6-20-14-4-2-1-3-5-14/h1-5,12-13H,6-11H2. The first-order valence-corrected chi connectivity index (χ1v) is 12.6. The number of benzene rings is 1. The molecule has 0 N–H and O–H groups in total. The monoisotopic (exact) mass is 614 g/mol. The highest BCUT2D eigenvalue weighted by molar-refractivity contribution is 9.12. The number of rotatable bonds is 13. The van der Waals surface area contributed by atoms with Crippen LogP contribution in [0.5, 0.6) is 5.75 Å². The summed E-state index contributed by atoms with van der Waals surface area (Å²) < 4.78 is 34.3. The molecule has 0 aliphatic heterocycles. The van der Waals surface area contributed by atoms with Crippen LogP contribution in [0.3, 0.4) is 0 Å². The van der Waals surface area contributed by atoms with Crippen LogP contribution in [0.15, 0.2) is 30.3 Å². The zero-order valence-electron chi connectivity index (χ0n) is 12.8. The molecule has 138 valence electrons. The summed E-state index contributed by atoms with van der Waals surface area (Å²) in [6.07, 6.45) is 0. The first-order chi connectivity index (χ1) is 11.5. The quantitative estimate of drug-likeness (QED) is 0.165. The summed E-state index contributed by atoms with van der Waals surface area (Å²) in [6, 6.07) is 9.33. The highest BCUT2D eigenvalue weighted by atomic mass is 79.9. The highest BCUT2D eigenvalue weighted by Crippen LogP contribution is 2.50. The maximum Gasteiger partial charge on any atom is 0.474 e. The van der Waals surface area contributed by atoms with Gasteiger partial charge in [-0.1, -0.05) is 81.9 Å². The fourth-order valence-electron chi connectivity index (χ4n) is 1.37. The van der Waals surface area contributed by atoms with Gasteiger partial charge in [-0.15, -0.1) is 0 Å². The second kappa shape index (κ2) is 13.3. The van der Waals surface area contributed by atoms with Gasteiger partial charge in [0, 0.05) is 20.3 Å². The lowest BCUT2D eigenvalue weighted by Gasteiger charge is -2.20. The molecule has 2 unspecified atom stereocenters. The van der Waals surface area contributed by atoms with Crippen molar-refractivity contribution in [2.75, 3.05) is 37.1 Å². The zero-order valence-corrected chi connectivity index (χ0v) is 20.0. The van der Waals surface area contributed by atoms with Crippen LogP contribution in [0.25, 0.3) is 0 Å². The first-order valence-electron chi connectivity index (χ1n) is 7.10. The van der Waals surface area contributed by atoms with E-state index >= 15 is 0 Å². The molecule has 24 heavy (non-hydrogen) atoms. The van der Waals surface area contributed by atoms with Gasteiger partial charge in [0.15, 0.2) is 0 Å². The van der Waals surface area contributed by atoms with Gasteiger partial charge in [-0.3, -0.25) is 13.6 Å². The summed E-state index contributed by atoms with van der Waals surface area (Å²) in [7, 11) is -3.66. The lowest BCUT2D eigenvalue weighted by molar-refractivity contribution is 0.102. The van der Waals surface area contributed by atoms with E-state index in [1.165, 1.54) is 0 Å².